The van der Waals surface area contributed by atoms with E-state index in [4.69, 9.17) is 16.3 Å². The van der Waals surface area contributed by atoms with Gasteiger partial charge in [0.2, 0.25) is 5.91 Å². The van der Waals surface area contributed by atoms with Crippen molar-refractivity contribution in [3.63, 3.8) is 0 Å². The number of ether oxygens (including phenoxy) is 1. The smallest absolute Gasteiger partial charge is 0.253 e. The highest BCUT2D eigenvalue weighted by molar-refractivity contribution is 6.30. The molecule has 0 saturated carbocycles. The van der Waals surface area contributed by atoms with E-state index >= 15 is 0 Å². The number of benzene rings is 2. The fourth-order valence-corrected chi connectivity index (χ4v) is 4.87. The number of carbonyl (C=O) groups is 2. The molecule has 0 bridgehead atoms. The fourth-order valence-electron chi connectivity index (χ4n) is 4.68. The van der Waals surface area contributed by atoms with Crippen molar-refractivity contribution in [2.45, 2.75) is 44.2 Å². The average molecular weight is 441 g/mol. The van der Waals surface area contributed by atoms with Crippen LogP contribution in [0.3, 0.4) is 0 Å². The van der Waals surface area contributed by atoms with Crippen molar-refractivity contribution in [2.75, 3.05) is 26.3 Å². The molecule has 0 aromatic heterocycles. The zero-order chi connectivity index (χ0) is 21.6. The third kappa shape index (κ3) is 5.46. The zero-order valence-electron chi connectivity index (χ0n) is 17.7. The molecule has 0 unspecified atom stereocenters. The van der Waals surface area contributed by atoms with E-state index < -0.39 is 0 Å². The summed E-state index contributed by atoms with van der Waals surface area (Å²) in [7, 11) is 0. The normalized spacial score (nSPS) is 18.0. The second-order valence-electron chi connectivity index (χ2n) is 8.34. The van der Waals surface area contributed by atoms with Crippen LogP contribution in [-0.4, -0.2) is 60.0 Å². The summed E-state index contributed by atoms with van der Waals surface area (Å²) in [6, 6.07) is 17.4. The molecule has 2 aliphatic heterocycles. The van der Waals surface area contributed by atoms with E-state index in [0.29, 0.717) is 43.3 Å². The maximum absolute atomic E-state index is 13.4. The van der Waals surface area contributed by atoms with Crippen molar-refractivity contribution >= 4 is 23.4 Å². The number of piperidine rings is 1. The van der Waals surface area contributed by atoms with Crippen molar-refractivity contribution < 1.29 is 14.3 Å². The molecular formula is C25H29ClN2O3. The van der Waals surface area contributed by atoms with Crippen molar-refractivity contribution in [3.8, 4) is 0 Å². The Hall–Kier alpha value is -2.37. The maximum atomic E-state index is 13.4. The van der Waals surface area contributed by atoms with Gasteiger partial charge in [0, 0.05) is 49.0 Å². The number of carbonyl (C=O) groups excluding carboxylic acids is 2. The number of halogens is 1. The van der Waals surface area contributed by atoms with Crippen molar-refractivity contribution in [1.29, 1.82) is 0 Å². The van der Waals surface area contributed by atoms with Gasteiger partial charge in [-0.1, -0.05) is 48.0 Å². The molecule has 2 aliphatic rings. The van der Waals surface area contributed by atoms with E-state index in [0.717, 1.165) is 31.2 Å². The molecule has 0 aliphatic carbocycles. The second kappa shape index (κ2) is 10.3. The fraction of sp³-hybridized carbons (Fsp3) is 0.440. The molecule has 4 rings (SSSR count). The van der Waals surface area contributed by atoms with Gasteiger partial charge in [-0.2, -0.15) is 0 Å². The van der Waals surface area contributed by atoms with Crippen LogP contribution in [-0.2, 0) is 16.0 Å². The van der Waals surface area contributed by atoms with Gasteiger partial charge in [0.1, 0.15) is 0 Å². The highest BCUT2D eigenvalue weighted by Crippen LogP contribution is 2.26. The molecule has 2 aromatic carbocycles. The lowest BCUT2D eigenvalue weighted by Crippen LogP contribution is -2.54. The Balaban J connectivity index is 1.44. The summed E-state index contributed by atoms with van der Waals surface area (Å²) in [5, 5.41) is 0.568. The van der Waals surface area contributed by atoms with Crippen molar-refractivity contribution in [2.24, 2.45) is 0 Å². The second-order valence-corrected chi connectivity index (χ2v) is 8.78. The molecule has 0 spiro atoms. The van der Waals surface area contributed by atoms with Gasteiger partial charge in [-0.3, -0.25) is 9.59 Å². The van der Waals surface area contributed by atoms with E-state index in [1.54, 1.807) is 24.3 Å². The molecule has 31 heavy (non-hydrogen) atoms. The van der Waals surface area contributed by atoms with Gasteiger partial charge in [0.15, 0.2) is 0 Å². The lowest BCUT2D eigenvalue weighted by Gasteiger charge is -2.43. The Labute approximate surface area is 188 Å². The minimum atomic E-state index is 0.00850. The Morgan fingerprint density at radius 3 is 2.29 bits per heavy atom. The average Bonchev–Trinajstić information content (AvgIpc) is 2.81. The standard InChI is InChI=1S/C25H29ClN2O3/c26-21-8-4-7-20(18-21)25(30)27-13-9-22(10-14-27)28(23-11-15-31-16-12-23)24(29)17-19-5-2-1-3-6-19/h1-8,18,22-23H,9-17H2. The number of nitrogens with zero attached hydrogens (tertiary/aromatic N) is 2. The van der Waals surface area contributed by atoms with E-state index in [2.05, 4.69) is 4.90 Å². The predicted molar refractivity (Wildman–Crippen MR) is 121 cm³/mol. The quantitative estimate of drug-likeness (QED) is 0.700. The van der Waals surface area contributed by atoms with Gasteiger partial charge < -0.3 is 14.5 Å². The van der Waals surface area contributed by atoms with Crippen LogP contribution in [0, 0.1) is 0 Å². The van der Waals surface area contributed by atoms with E-state index in [1.165, 1.54) is 0 Å². The summed E-state index contributed by atoms with van der Waals surface area (Å²) in [5.41, 5.74) is 1.66. The lowest BCUT2D eigenvalue weighted by atomic mass is 9.96. The molecular weight excluding hydrogens is 412 g/mol. The van der Waals surface area contributed by atoms with Crippen LogP contribution in [0.5, 0.6) is 0 Å². The molecule has 0 radical (unpaired) electrons. The Morgan fingerprint density at radius 1 is 0.935 bits per heavy atom. The van der Waals surface area contributed by atoms with Crippen molar-refractivity contribution in [3.05, 3.63) is 70.7 Å². The maximum Gasteiger partial charge on any atom is 0.253 e. The summed E-state index contributed by atoms with van der Waals surface area (Å²) < 4.78 is 5.54. The third-order valence-electron chi connectivity index (χ3n) is 6.29. The van der Waals surface area contributed by atoms with E-state index in [-0.39, 0.29) is 23.9 Å². The monoisotopic (exact) mass is 440 g/mol. The van der Waals surface area contributed by atoms with Gasteiger partial charge in [0.25, 0.3) is 5.91 Å². The Bertz CT molecular complexity index is 891. The highest BCUT2D eigenvalue weighted by Gasteiger charge is 2.35. The van der Waals surface area contributed by atoms with Crippen LogP contribution >= 0.6 is 11.6 Å². The molecule has 5 nitrogen and oxygen atoms in total. The molecule has 6 heteroatoms. The molecule has 2 aromatic rings. The van der Waals surface area contributed by atoms with Crippen LogP contribution in [0.25, 0.3) is 0 Å². The first-order chi connectivity index (χ1) is 15.1. The zero-order valence-corrected chi connectivity index (χ0v) is 18.5. The number of likely N-dealkylation sites (tertiary alicyclic amines) is 1. The van der Waals surface area contributed by atoms with E-state index in [1.807, 2.05) is 35.2 Å². The van der Waals surface area contributed by atoms with Gasteiger partial charge >= 0.3 is 0 Å². The van der Waals surface area contributed by atoms with Crippen LogP contribution in [0.4, 0.5) is 0 Å². The number of hydrogen-bond donors (Lipinski definition) is 0. The lowest BCUT2D eigenvalue weighted by molar-refractivity contribution is -0.139. The SMILES string of the molecule is O=C(c1cccc(Cl)c1)N1CCC(N(C(=O)Cc2ccccc2)C2CCOCC2)CC1. The first kappa shape index (κ1) is 21.8. The first-order valence-electron chi connectivity index (χ1n) is 11.1. The molecule has 164 valence electrons. The highest BCUT2D eigenvalue weighted by atomic mass is 35.5. The molecule has 2 fully saturated rings. The predicted octanol–water partition coefficient (Wildman–Crippen LogP) is 4.19. The third-order valence-corrected chi connectivity index (χ3v) is 6.52. The molecule has 2 amide bonds. The summed E-state index contributed by atoms with van der Waals surface area (Å²) in [4.78, 5) is 30.3. The number of amides is 2. The van der Waals surface area contributed by atoms with Gasteiger partial charge in [-0.15, -0.1) is 0 Å². The minimum Gasteiger partial charge on any atom is -0.381 e. The summed E-state index contributed by atoms with van der Waals surface area (Å²) in [6.07, 6.45) is 3.76. The molecule has 2 saturated heterocycles. The minimum absolute atomic E-state index is 0.00850. The largest absolute Gasteiger partial charge is 0.381 e. The van der Waals surface area contributed by atoms with Crippen molar-refractivity contribution in [1.82, 2.24) is 9.80 Å². The summed E-state index contributed by atoms with van der Waals surface area (Å²) in [6.45, 7) is 2.69. The molecule has 0 atom stereocenters. The Kier molecular flexibility index (Phi) is 7.25. The van der Waals surface area contributed by atoms with E-state index in [9.17, 15) is 9.59 Å². The van der Waals surface area contributed by atoms with Gasteiger partial charge in [-0.05, 0) is 49.4 Å². The van der Waals surface area contributed by atoms with Crippen LogP contribution in [0.15, 0.2) is 54.6 Å². The molecule has 0 N–H and O–H groups in total. The summed E-state index contributed by atoms with van der Waals surface area (Å²) in [5.74, 6) is 0.187. The van der Waals surface area contributed by atoms with Crippen LogP contribution < -0.4 is 0 Å². The first-order valence-corrected chi connectivity index (χ1v) is 11.5. The van der Waals surface area contributed by atoms with Gasteiger partial charge in [-0.25, -0.2) is 0 Å². The topological polar surface area (TPSA) is 49.9 Å². The number of hydrogen-bond acceptors (Lipinski definition) is 3. The Morgan fingerprint density at radius 2 is 1.61 bits per heavy atom. The van der Waals surface area contributed by atoms with Gasteiger partial charge in [0.05, 0.1) is 6.42 Å². The molecule has 2 heterocycles. The summed E-state index contributed by atoms with van der Waals surface area (Å²) >= 11 is 6.05. The number of rotatable bonds is 5. The van der Waals surface area contributed by atoms with Crippen LogP contribution in [0.1, 0.15) is 41.6 Å². The van der Waals surface area contributed by atoms with Crippen LogP contribution in [0.2, 0.25) is 5.02 Å².